The van der Waals surface area contributed by atoms with Gasteiger partial charge in [0.2, 0.25) is 0 Å². The molecule has 2 rings (SSSR count). The van der Waals surface area contributed by atoms with Crippen molar-refractivity contribution >= 4 is 11.6 Å². The number of nitrogens with one attached hydrogen (secondary N) is 1. The van der Waals surface area contributed by atoms with E-state index in [-0.39, 0.29) is 18.0 Å². The summed E-state index contributed by atoms with van der Waals surface area (Å²) in [5, 5.41) is 6.36. The molecule has 112 valence electrons. The topological polar surface area (TPSA) is 116 Å². The van der Waals surface area contributed by atoms with Gasteiger partial charge in [-0.2, -0.15) is 5.10 Å². The first kappa shape index (κ1) is 15.0. The van der Waals surface area contributed by atoms with Crippen LogP contribution in [0.25, 0.3) is 0 Å². The zero-order valence-corrected chi connectivity index (χ0v) is 11.5. The molecule has 0 saturated carbocycles. The average Bonchev–Trinajstić information content (AvgIpc) is 2.85. The number of amides is 1. The molecule has 2 aromatic rings. The largest absolute Gasteiger partial charge is 0.395 e. The number of rotatable bonds is 8. The number of aromatic amines is 1. The molecule has 0 bridgehead atoms. The van der Waals surface area contributed by atoms with Crippen LogP contribution in [0.15, 0.2) is 30.3 Å². The predicted molar refractivity (Wildman–Crippen MR) is 77.3 cm³/mol. The molecule has 1 aromatic heterocycles. The van der Waals surface area contributed by atoms with Gasteiger partial charge in [0.25, 0.3) is 5.91 Å². The minimum atomic E-state index is -0.666. The Bertz CT molecular complexity index is 583. The Labute approximate surface area is 122 Å². The average molecular weight is 290 g/mol. The maximum atomic E-state index is 11.0. The van der Waals surface area contributed by atoms with E-state index in [1.54, 1.807) is 0 Å². The fourth-order valence-corrected chi connectivity index (χ4v) is 1.74. The molecule has 0 radical (unpaired) electrons. The molecule has 1 heterocycles. The molecule has 0 aliphatic heterocycles. The molecule has 0 unspecified atom stereocenters. The number of H-pyrrole nitrogens is 1. The van der Waals surface area contributed by atoms with Crippen LogP contribution in [0.5, 0.6) is 0 Å². The number of ether oxygens (including phenoxy) is 2. The van der Waals surface area contributed by atoms with E-state index in [1.807, 2.05) is 30.3 Å². The van der Waals surface area contributed by atoms with Crippen molar-refractivity contribution in [2.45, 2.75) is 13.2 Å². The van der Waals surface area contributed by atoms with Crippen molar-refractivity contribution in [2.24, 2.45) is 5.73 Å². The molecule has 7 nitrogen and oxygen atoms in total. The van der Waals surface area contributed by atoms with Crippen LogP contribution < -0.4 is 11.5 Å². The van der Waals surface area contributed by atoms with Crippen molar-refractivity contribution < 1.29 is 14.3 Å². The lowest BCUT2D eigenvalue weighted by Gasteiger charge is -2.05. The van der Waals surface area contributed by atoms with E-state index in [1.165, 1.54) is 0 Å². The Morgan fingerprint density at radius 1 is 1.14 bits per heavy atom. The first-order chi connectivity index (χ1) is 10.2. The number of aromatic nitrogens is 2. The fourth-order valence-electron chi connectivity index (χ4n) is 1.74. The van der Waals surface area contributed by atoms with E-state index in [0.717, 1.165) is 5.56 Å². The first-order valence-corrected chi connectivity index (χ1v) is 6.50. The van der Waals surface area contributed by atoms with E-state index in [0.29, 0.717) is 25.5 Å². The maximum Gasteiger partial charge on any atom is 0.271 e. The fraction of sp³-hybridized carbons (Fsp3) is 0.286. The lowest BCUT2D eigenvalue weighted by molar-refractivity contribution is 0.0330. The van der Waals surface area contributed by atoms with Gasteiger partial charge >= 0.3 is 0 Å². The summed E-state index contributed by atoms with van der Waals surface area (Å²) in [5.41, 5.74) is 12.7. The van der Waals surface area contributed by atoms with Crippen molar-refractivity contribution in [1.29, 1.82) is 0 Å². The number of hydrogen-bond acceptors (Lipinski definition) is 5. The van der Waals surface area contributed by atoms with Crippen molar-refractivity contribution in [1.82, 2.24) is 10.2 Å². The van der Waals surface area contributed by atoms with Gasteiger partial charge in [-0.3, -0.25) is 9.89 Å². The minimum Gasteiger partial charge on any atom is -0.395 e. The Morgan fingerprint density at radius 3 is 2.43 bits per heavy atom. The molecule has 1 aromatic carbocycles. The molecule has 21 heavy (non-hydrogen) atoms. The summed E-state index contributed by atoms with van der Waals surface area (Å²) in [6, 6.07) is 9.88. The van der Waals surface area contributed by atoms with Crippen molar-refractivity contribution in [3.63, 3.8) is 0 Å². The van der Waals surface area contributed by atoms with Crippen molar-refractivity contribution in [3.05, 3.63) is 47.3 Å². The minimum absolute atomic E-state index is 0.0360. The maximum absolute atomic E-state index is 11.0. The first-order valence-electron chi connectivity index (χ1n) is 6.50. The summed E-state index contributed by atoms with van der Waals surface area (Å²) in [5.74, 6) is -0.666. The molecular formula is C14H18N4O3. The third-order valence-corrected chi connectivity index (χ3v) is 2.85. The van der Waals surface area contributed by atoms with Gasteiger partial charge in [-0.1, -0.05) is 30.3 Å². The number of carbonyl (C=O) groups excluding carboxylic acids is 1. The third-order valence-electron chi connectivity index (χ3n) is 2.85. The van der Waals surface area contributed by atoms with Crippen LogP contribution in [0, 0.1) is 0 Å². The molecule has 1 amide bonds. The van der Waals surface area contributed by atoms with Crippen LogP contribution in [0.4, 0.5) is 5.69 Å². The Kier molecular flexibility index (Phi) is 5.30. The third kappa shape index (κ3) is 4.30. The number of carbonyl (C=O) groups is 1. The van der Waals surface area contributed by atoms with Crippen molar-refractivity contribution in [2.75, 3.05) is 18.9 Å². The molecule has 0 spiro atoms. The molecule has 0 aliphatic carbocycles. The van der Waals surface area contributed by atoms with E-state index in [4.69, 9.17) is 20.9 Å². The van der Waals surface area contributed by atoms with Crippen LogP contribution >= 0.6 is 0 Å². The normalized spacial score (nSPS) is 10.7. The molecule has 0 aliphatic rings. The van der Waals surface area contributed by atoms with Crippen LogP contribution in [-0.2, 0) is 22.7 Å². The smallest absolute Gasteiger partial charge is 0.271 e. The van der Waals surface area contributed by atoms with Gasteiger partial charge in [0.1, 0.15) is 0 Å². The second-order valence-electron chi connectivity index (χ2n) is 4.42. The number of primary amides is 1. The van der Waals surface area contributed by atoms with E-state index < -0.39 is 5.91 Å². The quantitative estimate of drug-likeness (QED) is 0.622. The SMILES string of the molecule is NC(=O)c1n[nH]c(COCCOCc2ccccc2)c1N. The Hall–Kier alpha value is -2.38. The van der Waals surface area contributed by atoms with Crippen LogP contribution in [0.3, 0.4) is 0 Å². The second kappa shape index (κ2) is 7.41. The van der Waals surface area contributed by atoms with Gasteiger partial charge in [0.05, 0.1) is 37.8 Å². The van der Waals surface area contributed by atoms with Gasteiger partial charge in [-0.25, -0.2) is 0 Å². The van der Waals surface area contributed by atoms with Crippen LogP contribution in [0.2, 0.25) is 0 Å². The number of benzene rings is 1. The summed E-state index contributed by atoms with van der Waals surface area (Å²) < 4.78 is 10.9. The highest BCUT2D eigenvalue weighted by Crippen LogP contribution is 2.14. The van der Waals surface area contributed by atoms with Gasteiger partial charge < -0.3 is 20.9 Å². The highest BCUT2D eigenvalue weighted by molar-refractivity contribution is 5.96. The Morgan fingerprint density at radius 2 is 1.81 bits per heavy atom. The standard InChI is InChI=1S/C14H18N4O3/c15-12-11(17-18-13(12)14(16)19)9-21-7-6-20-8-10-4-2-1-3-5-10/h1-5H,6-9,15H2,(H2,16,19)(H,17,18). The van der Waals surface area contributed by atoms with Gasteiger partial charge in [-0.15, -0.1) is 0 Å². The Balaban J connectivity index is 1.65. The van der Waals surface area contributed by atoms with Crippen LogP contribution in [-0.4, -0.2) is 29.3 Å². The molecule has 0 atom stereocenters. The second-order valence-corrected chi connectivity index (χ2v) is 4.42. The summed E-state index contributed by atoms with van der Waals surface area (Å²) in [7, 11) is 0. The highest BCUT2D eigenvalue weighted by atomic mass is 16.5. The zero-order valence-electron chi connectivity index (χ0n) is 11.5. The van der Waals surface area contributed by atoms with E-state index in [9.17, 15) is 4.79 Å². The molecule has 5 N–H and O–H groups in total. The van der Waals surface area contributed by atoms with E-state index in [2.05, 4.69) is 10.2 Å². The van der Waals surface area contributed by atoms with Gasteiger partial charge in [0.15, 0.2) is 5.69 Å². The van der Waals surface area contributed by atoms with Gasteiger partial charge in [-0.05, 0) is 5.56 Å². The van der Waals surface area contributed by atoms with E-state index >= 15 is 0 Å². The lowest BCUT2D eigenvalue weighted by Crippen LogP contribution is -2.13. The number of nitrogens with zero attached hydrogens (tertiary/aromatic N) is 1. The summed E-state index contributed by atoms with van der Waals surface area (Å²) >= 11 is 0. The predicted octanol–water partition coefficient (Wildman–Crippen LogP) is 0.824. The summed E-state index contributed by atoms with van der Waals surface area (Å²) in [6.07, 6.45) is 0. The number of anilines is 1. The highest BCUT2D eigenvalue weighted by Gasteiger charge is 2.14. The molecule has 7 heteroatoms. The number of hydrogen-bond donors (Lipinski definition) is 3. The van der Waals surface area contributed by atoms with Gasteiger partial charge in [0, 0.05) is 0 Å². The lowest BCUT2D eigenvalue weighted by atomic mass is 10.2. The number of nitrogen functional groups attached to an aromatic ring is 1. The molecule has 0 saturated heterocycles. The summed E-state index contributed by atoms with van der Waals surface area (Å²) in [6.45, 7) is 1.64. The zero-order chi connectivity index (χ0) is 15.1. The number of nitrogens with two attached hydrogens (primary N) is 2. The van der Waals surface area contributed by atoms with Crippen molar-refractivity contribution in [3.8, 4) is 0 Å². The monoisotopic (exact) mass is 290 g/mol. The molecular weight excluding hydrogens is 272 g/mol. The summed E-state index contributed by atoms with van der Waals surface area (Å²) in [4.78, 5) is 11.0. The molecule has 0 fully saturated rings. The van der Waals surface area contributed by atoms with Crippen LogP contribution in [0.1, 0.15) is 21.7 Å².